The van der Waals surface area contributed by atoms with Gasteiger partial charge in [0.15, 0.2) is 0 Å². The van der Waals surface area contributed by atoms with Crippen molar-refractivity contribution < 1.29 is 14.3 Å². The van der Waals surface area contributed by atoms with Crippen molar-refractivity contribution in [3.63, 3.8) is 0 Å². The van der Waals surface area contributed by atoms with Crippen LogP contribution in [0.2, 0.25) is 0 Å². The number of phenolic OH excluding ortho intramolecular Hbond substituents is 1. The van der Waals surface area contributed by atoms with Gasteiger partial charge in [0.05, 0.1) is 12.5 Å². The van der Waals surface area contributed by atoms with Crippen LogP contribution in [0.5, 0.6) is 11.5 Å². The molecule has 1 aromatic heterocycles. The van der Waals surface area contributed by atoms with Gasteiger partial charge < -0.3 is 14.3 Å². The molecule has 20 heavy (non-hydrogen) atoms. The molecule has 0 saturated carbocycles. The lowest BCUT2D eigenvalue weighted by molar-refractivity contribution is 0.412. The molecule has 0 bridgehead atoms. The minimum atomic E-state index is -0.436. The third-order valence-corrected chi connectivity index (χ3v) is 3.55. The maximum atomic E-state index is 12.1. The van der Waals surface area contributed by atoms with Crippen LogP contribution in [0, 0.1) is 13.8 Å². The summed E-state index contributed by atoms with van der Waals surface area (Å²) in [4.78, 5) is 12.1. The number of fused-ring (bicyclic) bond motifs is 3. The van der Waals surface area contributed by atoms with E-state index in [1.54, 1.807) is 13.2 Å². The van der Waals surface area contributed by atoms with Gasteiger partial charge in [-0.1, -0.05) is 0 Å². The van der Waals surface area contributed by atoms with Crippen LogP contribution in [-0.2, 0) is 0 Å². The number of ether oxygens (including phenoxy) is 1. The van der Waals surface area contributed by atoms with Crippen LogP contribution in [0.3, 0.4) is 0 Å². The molecule has 0 amide bonds. The third-order valence-electron chi connectivity index (χ3n) is 3.55. The van der Waals surface area contributed by atoms with Gasteiger partial charge in [-0.05, 0) is 43.2 Å². The highest BCUT2D eigenvalue weighted by atomic mass is 16.5. The number of phenols is 1. The molecular weight excluding hydrogens is 256 g/mol. The molecule has 0 aliphatic carbocycles. The fourth-order valence-electron chi connectivity index (χ4n) is 2.43. The highest BCUT2D eigenvalue weighted by Crippen LogP contribution is 2.31. The van der Waals surface area contributed by atoms with E-state index in [2.05, 4.69) is 0 Å². The van der Waals surface area contributed by atoms with Crippen molar-refractivity contribution in [3.8, 4) is 11.5 Å². The van der Waals surface area contributed by atoms with Gasteiger partial charge in [-0.3, -0.25) is 0 Å². The Bertz CT molecular complexity index is 890. The molecule has 0 atom stereocenters. The molecule has 0 saturated heterocycles. The van der Waals surface area contributed by atoms with E-state index in [-0.39, 0.29) is 5.75 Å². The molecule has 0 aliphatic heterocycles. The Kier molecular flexibility index (Phi) is 2.67. The molecule has 102 valence electrons. The van der Waals surface area contributed by atoms with Crippen LogP contribution in [0.15, 0.2) is 33.5 Å². The quantitative estimate of drug-likeness (QED) is 0.544. The summed E-state index contributed by atoms with van der Waals surface area (Å²) in [6, 6.07) is 6.90. The lowest BCUT2D eigenvalue weighted by Gasteiger charge is -2.09. The summed E-state index contributed by atoms with van der Waals surface area (Å²) < 4.78 is 10.5. The summed E-state index contributed by atoms with van der Waals surface area (Å²) in [5, 5.41) is 11.8. The van der Waals surface area contributed by atoms with E-state index in [1.807, 2.05) is 26.0 Å². The second-order valence-electron chi connectivity index (χ2n) is 4.89. The lowest BCUT2D eigenvalue weighted by atomic mass is 10.0. The first-order valence-electron chi connectivity index (χ1n) is 6.26. The van der Waals surface area contributed by atoms with Gasteiger partial charge in [-0.2, -0.15) is 0 Å². The standard InChI is InChI=1S/C16H14O4/c1-8-4-11-10-5-9(2)14(19-3)6-12(10)16(18)20-15(11)7-13(8)17/h4-7,17H,1-3H3. The van der Waals surface area contributed by atoms with Gasteiger partial charge >= 0.3 is 5.63 Å². The minimum absolute atomic E-state index is 0.116. The number of methoxy groups -OCH3 is 1. The molecule has 0 aliphatic rings. The number of hydrogen-bond acceptors (Lipinski definition) is 4. The first-order valence-corrected chi connectivity index (χ1v) is 6.26. The van der Waals surface area contributed by atoms with Gasteiger partial charge in [0.1, 0.15) is 17.1 Å². The Balaban J connectivity index is 2.55. The van der Waals surface area contributed by atoms with E-state index in [4.69, 9.17) is 9.15 Å². The van der Waals surface area contributed by atoms with Crippen LogP contribution < -0.4 is 10.4 Å². The maximum Gasteiger partial charge on any atom is 0.344 e. The van der Waals surface area contributed by atoms with Crippen molar-refractivity contribution in [2.24, 2.45) is 0 Å². The first kappa shape index (κ1) is 12.5. The van der Waals surface area contributed by atoms with E-state index >= 15 is 0 Å². The van der Waals surface area contributed by atoms with Crippen LogP contribution in [0.4, 0.5) is 0 Å². The fourth-order valence-corrected chi connectivity index (χ4v) is 2.43. The van der Waals surface area contributed by atoms with Crippen LogP contribution in [-0.4, -0.2) is 12.2 Å². The Labute approximate surface area is 115 Å². The number of aromatic hydroxyl groups is 1. The van der Waals surface area contributed by atoms with Gasteiger partial charge in [0.25, 0.3) is 0 Å². The average Bonchev–Trinajstić information content (AvgIpc) is 2.41. The lowest BCUT2D eigenvalue weighted by Crippen LogP contribution is -2.01. The van der Waals surface area contributed by atoms with E-state index in [0.29, 0.717) is 16.7 Å². The Hall–Kier alpha value is -2.49. The van der Waals surface area contributed by atoms with E-state index in [0.717, 1.165) is 21.9 Å². The molecule has 3 aromatic rings. The summed E-state index contributed by atoms with van der Waals surface area (Å²) in [5.41, 5.74) is 1.63. The summed E-state index contributed by atoms with van der Waals surface area (Å²) in [6.45, 7) is 3.73. The number of aryl methyl sites for hydroxylation is 2. The Morgan fingerprint density at radius 3 is 2.40 bits per heavy atom. The molecule has 2 aromatic carbocycles. The van der Waals surface area contributed by atoms with Crippen LogP contribution in [0.1, 0.15) is 11.1 Å². The summed E-state index contributed by atoms with van der Waals surface area (Å²) >= 11 is 0. The van der Waals surface area contributed by atoms with Gasteiger partial charge in [-0.15, -0.1) is 0 Å². The predicted molar refractivity (Wildman–Crippen MR) is 77.7 cm³/mol. The average molecular weight is 270 g/mol. The molecule has 1 heterocycles. The van der Waals surface area contributed by atoms with Crippen molar-refractivity contribution in [3.05, 3.63) is 45.8 Å². The molecular formula is C16H14O4. The smallest absolute Gasteiger partial charge is 0.344 e. The second kappa shape index (κ2) is 4.27. The molecule has 1 N–H and O–H groups in total. The molecule has 4 heteroatoms. The van der Waals surface area contributed by atoms with Crippen molar-refractivity contribution >= 4 is 21.7 Å². The van der Waals surface area contributed by atoms with Crippen LogP contribution in [0.25, 0.3) is 21.7 Å². The normalized spacial score (nSPS) is 11.2. The third kappa shape index (κ3) is 1.72. The SMILES string of the molecule is COc1cc2c(=O)oc3cc(O)c(C)cc3c2cc1C. The predicted octanol–water partition coefficient (Wildman–Crippen LogP) is 3.28. The van der Waals surface area contributed by atoms with E-state index in [1.165, 1.54) is 6.07 Å². The van der Waals surface area contributed by atoms with Crippen molar-refractivity contribution in [1.82, 2.24) is 0 Å². The molecule has 0 radical (unpaired) electrons. The highest BCUT2D eigenvalue weighted by Gasteiger charge is 2.12. The van der Waals surface area contributed by atoms with E-state index < -0.39 is 5.63 Å². The zero-order valence-electron chi connectivity index (χ0n) is 11.5. The van der Waals surface area contributed by atoms with Crippen molar-refractivity contribution in [1.29, 1.82) is 0 Å². The summed E-state index contributed by atoms with van der Waals surface area (Å²) in [7, 11) is 1.57. The van der Waals surface area contributed by atoms with Gasteiger partial charge in [0.2, 0.25) is 0 Å². The first-order chi connectivity index (χ1) is 9.51. The fraction of sp³-hybridized carbons (Fsp3) is 0.188. The summed E-state index contributed by atoms with van der Waals surface area (Å²) in [5.74, 6) is 0.768. The van der Waals surface area contributed by atoms with Crippen LogP contribution >= 0.6 is 0 Å². The summed E-state index contributed by atoms with van der Waals surface area (Å²) in [6.07, 6.45) is 0. The second-order valence-corrected chi connectivity index (χ2v) is 4.89. The Morgan fingerprint density at radius 1 is 1.00 bits per heavy atom. The van der Waals surface area contributed by atoms with Gasteiger partial charge in [-0.25, -0.2) is 4.79 Å². The monoisotopic (exact) mass is 270 g/mol. The number of benzene rings is 2. The highest BCUT2D eigenvalue weighted by molar-refractivity contribution is 6.05. The largest absolute Gasteiger partial charge is 0.508 e. The molecule has 4 nitrogen and oxygen atoms in total. The van der Waals surface area contributed by atoms with E-state index in [9.17, 15) is 9.90 Å². The van der Waals surface area contributed by atoms with Crippen molar-refractivity contribution in [2.45, 2.75) is 13.8 Å². The minimum Gasteiger partial charge on any atom is -0.508 e. The van der Waals surface area contributed by atoms with Crippen molar-refractivity contribution in [2.75, 3.05) is 7.11 Å². The molecule has 3 rings (SSSR count). The maximum absolute atomic E-state index is 12.1. The Morgan fingerprint density at radius 2 is 1.70 bits per heavy atom. The molecule has 0 spiro atoms. The zero-order chi connectivity index (χ0) is 14.4. The molecule has 0 fully saturated rings. The zero-order valence-corrected chi connectivity index (χ0v) is 11.5. The number of hydrogen-bond donors (Lipinski definition) is 1. The van der Waals surface area contributed by atoms with Gasteiger partial charge in [0, 0.05) is 16.8 Å². The number of rotatable bonds is 1. The topological polar surface area (TPSA) is 59.7 Å². The molecule has 0 unspecified atom stereocenters.